The van der Waals surface area contributed by atoms with Crippen LogP contribution in [0.1, 0.15) is 30.5 Å². The van der Waals surface area contributed by atoms with Crippen LogP contribution in [0.2, 0.25) is 5.28 Å². The summed E-state index contributed by atoms with van der Waals surface area (Å²) in [5.74, 6) is 0. The standard InChI is InChI=1S/C12H14ClFN2/c1-4-8-6(2)9(5-14)11-10(7(8)3)15-12(13)16-11/h4-5H2,1-3H3,(H,15,16)/i2D. The molecule has 16 heavy (non-hydrogen) atoms. The van der Waals surface area contributed by atoms with Gasteiger partial charge in [0, 0.05) is 6.93 Å². The van der Waals surface area contributed by atoms with Crippen LogP contribution in [-0.4, -0.2) is 9.97 Å². The number of halogens is 2. The molecule has 1 heterocycles. The number of aromatic amines is 1. The van der Waals surface area contributed by atoms with Gasteiger partial charge in [-0.2, -0.15) is 0 Å². The van der Waals surface area contributed by atoms with E-state index in [1.807, 2.05) is 13.8 Å². The van der Waals surface area contributed by atoms with E-state index in [9.17, 15) is 4.39 Å². The van der Waals surface area contributed by atoms with Crippen LogP contribution in [0.3, 0.4) is 0 Å². The molecular formula is C12H14ClFN2. The number of H-pyrrole nitrogens is 1. The van der Waals surface area contributed by atoms with Crippen molar-refractivity contribution < 1.29 is 5.76 Å². The van der Waals surface area contributed by atoms with E-state index in [1.165, 1.54) is 0 Å². The molecule has 0 saturated carbocycles. The molecule has 86 valence electrons. The molecular weight excluding hydrogens is 227 g/mol. The molecule has 2 aromatic rings. The van der Waals surface area contributed by atoms with E-state index in [2.05, 4.69) is 9.97 Å². The Balaban J connectivity index is 2.92. The smallest absolute Gasteiger partial charge is 0.201 e. The number of imidazole rings is 1. The molecule has 0 spiro atoms. The molecule has 2 rings (SSSR count). The number of rotatable bonds is 2. The summed E-state index contributed by atoms with van der Waals surface area (Å²) in [6, 6.07) is 0. The number of nitrogens with one attached hydrogen (secondary N) is 1. The van der Waals surface area contributed by atoms with E-state index >= 15 is 0 Å². The van der Waals surface area contributed by atoms with Crippen LogP contribution >= 0.6 is 11.6 Å². The molecule has 2 nitrogen and oxygen atoms in total. The molecule has 4 heteroatoms. The number of hydrogen-bond donors (Lipinski definition) is 1. The number of nitrogens with zero attached hydrogens (tertiary/aromatic N) is 1. The molecule has 1 N–H and O–H groups in total. The highest BCUT2D eigenvalue weighted by atomic mass is 35.5. The summed E-state index contributed by atoms with van der Waals surface area (Å²) in [5.41, 5.74) is 4.65. The first-order valence-corrected chi connectivity index (χ1v) is 5.55. The first kappa shape index (κ1) is 10.1. The number of aromatic nitrogens is 2. The fourth-order valence-corrected chi connectivity index (χ4v) is 2.34. The van der Waals surface area contributed by atoms with Crippen molar-refractivity contribution in [2.24, 2.45) is 0 Å². The summed E-state index contributed by atoms with van der Waals surface area (Å²) in [7, 11) is 0. The van der Waals surface area contributed by atoms with Crippen molar-refractivity contribution in [3.63, 3.8) is 0 Å². The highest BCUT2D eigenvalue weighted by molar-refractivity contribution is 6.29. The summed E-state index contributed by atoms with van der Waals surface area (Å²) < 4.78 is 20.8. The minimum atomic E-state index is -0.601. The van der Waals surface area contributed by atoms with E-state index in [0.717, 1.165) is 28.6 Å². The Morgan fingerprint density at radius 3 is 2.75 bits per heavy atom. The lowest BCUT2D eigenvalue weighted by Crippen LogP contribution is -1.99. The van der Waals surface area contributed by atoms with Crippen molar-refractivity contribution in [2.45, 2.75) is 33.8 Å². The maximum absolute atomic E-state index is 13.2. The van der Waals surface area contributed by atoms with E-state index in [0.29, 0.717) is 11.1 Å². The van der Waals surface area contributed by atoms with E-state index in [-0.39, 0.29) is 12.2 Å². The van der Waals surface area contributed by atoms with Crippen LogP contribution in [0, 0.1) is 13.8 Å². The van der Waals surface area contributed by atoms with Gasteiger partial charge in [0.1, 0.15) is 6.67 Å². The molecule has 0 unspecified atom stereocenters. The molecule has 1 aromatic carbocycles. The van der Waals surface area contributed by atoms with Gasteiger partial charge in [0.2, 0.25) is 5.28 Å². The third-order valence-corrected chi connectivity index (χ3v) is 3.18. The molecule has 0 aliphatic carbocycles. The van der Waals surface area contributed by atoms with Gasteiger partial charge in [-0.25, -0.2) is 9.37 Å². The lowest BCUT2D eigenvalue weighted by atomic mass is 9.94. The zero-order valence-corrected chi connectivity index (χ0v) is 10.1. The van der Waals surface area contributed by atoms with Gasteiger partial charge in [0.05, 0.1) is 11.0 Å². The van der Waals surface area contributed by atoms with Crippen molar-refractivity contribution in [2.75, 3.05) is 0 Å². The molecule has 0 radical (unpaired) electrons. The Labute approximate surface area is 100 Å². The van der Waals surface area contributed by atoms with Gasteiger partial charge in [0.25, 0.3) is 0 Å². The average molecular weight is 242 g/mol. The Morgan fingerprint density at radius 2 is 2.19 bits per heavy atom. The molecule has 0 saturated heterocycles. The van der Waals surface area contributed by atoms with Gasteiger partial charge in [-0.15, -0.1) is 0 Å². The number of benzene rings is 1. The van der Waals surface area contributed by atoms with E-state index in [4.69, 9.17) is 13.0 Å². The summed E-state index contributed by atoms with van der Waals surface area (Å²) in [6.45, 7) is 3.43. The monoisotopic (exact) mass is 241 g/mol. The summed E-state index contributed by atoms with van der Waals surface area (Å²) in [6.07, 6.45) is 0.771. The second-order valence-corrected chi connectivity index (χ2v) is 4.16. The minimum Gasteiger partial charge on any atom is -0.328 e. The van der Waals surface area contributed by atoms with Crippen molar-refractivity contribution in [3.8, 4) is 0 Å². The van der Waals surface area contributed by atoms with Crippen LogP contribution in [-0.2, 0) is 13.1 Å². The van der Waals surface area contributed by atoms with Gasteiger partial charge in [-0.1, -0.05) is 6.92 Å². The van der Waals surface area contributed by atoms with Crippen LogP contribution in [0.5, 0.6) is 0 Å². The normalized spacial score (nSPS) is 12.1. The predicted octanol–water partition coefficient (Wildman–Crippen LogP) is 3.87. The minimum absolute atomic E-state index is 0.0792. The highest BCUT2D eigenvalue weighted by Gasteiger charge is 2.16. The summed E-state index contributed by atoms with van der Waals surface area (Å²) >= 11 is 5.84. The highest BCUT2D eigenvalue weighted by Crippen LogP contribution is 2.30. The Kier molecular flexibility index (Phi) is 2.56. The second kappa shape index (κ2) is 4.06. The molecule has 1 aromatic heterocycles. The Bertz CT molecular complexity index is 565. The third kappa shape index (κ3) is 1.50. The molecule has 0 aliphatic rings. The lowest BCUT2D eigenvalue weighted by molar-refractivity contribution is 0.485. The molecule has 0 amide bonds. The second-order valence-electron chi connectivity index (χ2n) is 3.80. The zero-order chi connectivity index (χ0) is 12.6. The number of fused-ring (bicyclic) bond motifs is 1. The SMILES string of the molecule is [2H]Cc1c(CC)c(C)c2nc(Cl)[nH]c2c1CF. The van der Waals surface area contributed by atoms with Crippen LogP contribution in [0.15, 0.2) is 0 Å². The maximum Gasteiger partial charge on any atom is 0.201 e. The quantitative estimate of drug-likeness (QED) is 0.850. The Morgan fingerprint density at radius 1 is 1.44 bits per heavy atom. The Hall–Kier alpha value is -1.09. The number of aryl methyl sites for hydroxylation is 1. The first-order valence-electron chi connectivity index (χ1n) is 5.88. The number of hydrogen-bond acceptors (Lipinski definition) is 1. The summed E-state index contributed by atoms with van der Waals surface area (Å²) in [4.78, 5) is 7.06. The largest absolute Gasteiger partial charge is 0.328 e. The number of alkyl halides is 1. The zero-order valence-electron chi connectivity index (χ0n) is 10.3. The van der Waals surface area contributed by atoms with E-state index in [1.54, 1.807) is 0 Å². The molecule has 0 fully saturated rings. The third-order valence-electron chi connectivity index (χ3n) is 3.00. The van der Waals surface area contributed by atoms with Crippen LogP contribution in [0.25, 0.3) is 11.0 Å². The lowest BCUT2D eigenvalue weighted by Gasteiger charge is -2.12. The van der Waals surface area contributed by atoms with Crippen LogP contribution < -0.4 is 0 Å². The predicted molar refractivity (Wildman–Crippen MR) is 64.8 cm³/mol. The first-order chi connectivity index (χ1) is 8.13. The van der Waals surface area contributed by atoms with Crippen molar-refractivity contribution in [1.29, 1.82) is 0 Å². The average Bonchev–Trinajstić information content (AvgIpc) is 2.70. The molecule has 0 aliphatic heterocycles. The molecule has 0 bridgehead atoms. The van der Waals surface area contributed by atoms with E-state index < -0.39 is 6.67 Å². The fourth-order valence-electron chi connectivity index (χ4n) is 2.16. The molecule has 0 atom stereocenters. The van der Waals surface area contributed by atoms with Gasteiger partial charge >= 0.3 is 0 Å². The van der Waals surface area contributed by atoms with Gasteiger partial charge in [0.15, 0.2) is 0 Å². The maximum atomic E-state index is 13.2. The van der Waals surface area contributed by atoms with Gasteiger partial charge in [-0.3, -0.25) is 0 Å². The topological polar surface area (TPSA) is 28.7 Å². The summed E-state index contributed by atoms with van der Waals surface area (Å²) in [5, 5.41) is 0.266. The van der Waals surface area contributed by atoms with Gasteiger partial charge < -0.3 is 4.98 Å². The van der Waals surface area contributed by atoms with Crippen molar-refractivity contribution in [1.82, 2.24) is 9.97 Å². The van der Waals surface area contributed by atoms with Crippen molar-refractivity contribution in [3.05, 3.63) is 27.5 Å². The van der Waals surface area contributed by atoms with Crippen LogP contribution in [0.4, 0.5) is 4.39 Å². The van der Waals surface area contributed by atoms with Crippen molar-refractivity contribution >= 4 is 22.6 Å². The van der Waals surface area contributed by atoms with Gasteiger partial charge in [-0.05, 0) is 48.5 Å². The fraction of sp³-hybridized carbons (Fsp3) is 0.417.